The SMILES string of the molecule is CCN(Cc1ccco1)c1nc(CN)co1. The number of oxazole rings is 1. The number of aromatic nitrogens is 1. The smallest absolute Gasteiger partial charge is 0.297 e. The molecular weight excluding hydrogens is 206 g/mol. The number of anilines is 1. The molecule has 0 bridgehead atoms. The highest BCUT2D eigenvalue weighted by Gasteiger charge is 2.12. The molecule has 0 aromatic carbocycles. The number of rotatable bonds is 5. The maximum Gasteiger partial charge on any atom is 0.297 e. The number of hydrogen-bond donors (Lipinski definition) is 1. The fraction of sp³-hybridized carbons (Fsp3) is 0.364. The van der Waals surface area contributed by atoms with Crippen LogP contribution in [0.5, 0.6) is 0 Å². The molecule has 2 N–H and O–H groups in total. The van der Waals surface area contributed by atoms with E-state index in [2.05, 4.69) is 4.98 Å². The molecule has 2 aromatic heterocycles. The molecule has 2 aromatic rings. The molecule has 0 unspecified atom stereocenters. The molecule has 0 aliphatic heterocycles. The minimum Gasteiger partial charge on any atom is -0.467 e. The summed E-state index contributed by atoms with van der Waals surface area (Å²) in [7, 11) is 0. The molecule has 0 aliphatic carbocycles. The summed E-state index contributed by atoms with van der Waals surface area (Å²) in [5.41, 5.74) is 6.24. The fourth-order valence-corrected chi connectivity index (χ4v) is 1.44. The predicted molar refractivity (Wildman–Crippen MR) is 59.8 cm³/mol. The Morgan fingerprint density at radius 2 is 2.31 bits per heavy atom. The first-order valence-corrected chi connectivity index (χ1v) is 5.25. The monoisotopic (exact) mass is 221 g/mol. The number of hydrogen-bond acceptors (Lipinski definition) is 5. The summed E-state index contributed by atoms with van der Waals surface area (Å²) in [5.74, 6) is 0.884. The standard InChI is InChI=1S/C11H15N3O2/c1-2-14(7-10-4-3-5-15-10)11-13-9(6-12)8-16-11/h3-5,8H,2,6-7,12H2,1H3. The average molecular weight is 221 g/mol. The van der Waals surface area contributed by atoms with Gasteiger partial charge in [-0.1, -0.05) is 0 Å². The average Bonchev–Trinajstić information content (AvgIpc) is 2.96. The van der Waals surface area contributed by atoms with Crippen LogP contribution < -0.4 is 10.6 Å². The summed E-state index contributed by atoms with van der Waals surface area (Å²) >= 11 is 0. The van der Waals surface area contributed by atoms with Crippen molar-refractivity contribution in [3.63, 3.8) is 0 Å². The van der Waals surface area contributed by atoms with E-state index in [9.17, 15) is 0 Å². The molecule has 0 amide bonds. The largest absolute Gasteiger partial charge is 0.467 e. The Morgan fingerprint density at radius 3 is 2.88 bits per heavy atom. The first-order chi connectivity index (χ1) is 7.83. The molecule has 0 saturated carbocycles. The van der Waals surface area contributed by atoms with Gasteiger partial charge in [0.05, 0.1) is 18.5 Å². The maximum atomic E-state index is 5.48. The lowest BCUT2D eigenvalue weighted by Crippen LogP contribution is -2.22. The zero-order chi connectivity index (χ0) is 11.4. The molecule has 5 nitrogen and oxygen atoms in total. The van der Waals surface area contributed by atoms with E-state index in [4.69, 9.17) is 14.6 Å². The molecule has 86 valence electrons. The molecule has 0 fully saturated rings. The molecular formula is C11H15N3O2. The Labute approximate surface area is 93.9 Å². The Kier molecular flexibility index (Phi) is 3.26. The van der Waals surface area contributed by atoms with Crippen LogP contribution in [0.1, 0.15) is 18.4 Å². The van der Waals surface area contributed by atoms with Crippen LogP contribution in [0.25, 0.3) is 0 Å². The third-order valence-corrected chi connectivity index (χ3v) is 2.33. The van der Waals surface area contributed by atoms with E-state index < -0.39 is 0 Å². The Hall–Kier alpha value is -1.75. The molecule has 2 heterocycles. The van der Waals surface area contributed by atoms with Gasteiger partial charge < -0.3 is 19.5 Å². The summed E-state index contributed by atoms with van der Waals surface area (Å²) in [6.45, 7) is 3.87. The van der Waals surface area contributed by atoms with Crippen molar-refractivity contribution in [1.29, 1.82) is 0 Å². The molecule has 2 rings (SSSR count). The van der Waals surface area contributed by atoms with Gasteiger partial charge in [0, 0.05) is 13.1 Å². The second-order valence-electron chi connectivity index (χ2n) is 3.42. The topological polar surface area (TPSA) is 68.4 Å². The number of nitrogens with two attached hydrogens (primary N) is 1. The zero-order valence-electron chi connectivity index (χ0n) is 9.22. The third-order valence-electron chi connectivity index (χ3n) is 2.33. The molecule has 0 spiro atoms. The van der Waals surface area contributed by atoms with Crippen LogP contribution in [-0.2, 0) is 13.1 Å². The van der Waals surface area contributed by atoms with Crippen molar-refractivity contribution < 1.29 is 8.83 Å². The van der Waals surface area contributed by atoms with Crippen molar-refractivity contribution in [3.8, 4) is 0 Å². The summed E-state index contributed by atoms with van der Waals surface area (Å²) in [4.78, 5) is 6.26. The predicted octanol–water partition coefficient (Wildman–Crippen LogP) is 1.75. The molecule has 0 aliphatic rings. The minimum absolute atomic E-state index is 0.391. The van der Waals surface area contributed by atoms with Crippen LogP contribution in [0, 0.1) is 0 Å². The van der Waals surface area contributed by atoms with Gasteiger partial charge in [-0.3, -0.25) is 0 Å². The van der Waals surface area contributed by atoms with Gasteiger partial charge in [0.25, 0.3) is 6.01 Å². The quantitative estimate of drug-likeness (QED) is 0.833. The van der Waals surface area contributed by atoms with E-state index in [0.717, 1.165) is 18.0 Å². The van der Waals surface area contributed by atoms with E-state index in [-0.39, 0.29) is 0 Å². The van der Waals surface area contributed by atoms with Gasteiger partial charge in [-0.15, -0.1) is 0 Å². The lowest BCUT2D eigenvalue weighted by Gasteiger charge is -2.16. The van der Waals surface area contributed by atoms with Gasteiger partial charge in [-0.05, 0) is 19.1 Å². The highest BCUT2D eigenvalue weighted by atomic mass is 16.4. The van der Waals surface area contributed by atoms with Crippen LogP contribution >= 0.6 is 0 Å². The van der Waals surface area contributed by atoms with Crippen LogP contribution in [0.3, 0.4) is 0 Å². The number of furan rings is 1. The molecule has 0 radical (unpaired) electrons. The summed E-state index contributed by atoms with van der Waals surface area (Å²) in [6, 6.07) is 4.37. The molecule has 5 heteroatoms. The van der Waals surface area contributed by atoms with Crippen LogP contribution in [0.15, 0.2) is 33.5 Å². The van der Waals surface area contributed by atoms with Crippen molar-refractivity contribution in [2.45, 2.75) is 20.0 Å². The Bertz CT molecular complexity index is 422. The third kappa shape index (κ3) is 2.25. The van der Waals surface area contributed by atoms with Crippen LogP contribution in [0.4, 0.5) is 6.01 Å². The highest BCUT2D eigenvalue weighted by molar-refractivity contribution is 5.27. The van der Waals surface area contributed by atoms with Crippen molar-refractivity contribution in [2.75, 3.05) is 11.4 Å². The van der Waals surface area contributed by atoms with Crippen molar-refractivity contribution in [2.24, 2.45) is 5.73 Å². The molecule has 0 atom stereocenters. The van der Waals surface area contributed by atoms with Crippen molar-refractivity contribution in [1.82, 2.24) is 4.98 Å². The summed E-state index contributed by atoms with van der Waals surface area (Å²) < 4.78 is 10.6. The van der Waals surface area contributed by atoms with Gasteiger partial charge in [0.1, 0.15) is 12.0 Å². The number of nitrogens with zero attached hydrogens (tertiary/aromatic N) is 2. The van der Waals surface area contributed by atoms with Crippen molar-refractivity contribution >= 4 is 6.01 Å². The first kappa shape index (κ1) is 10.8. The molecule has 16 heavy (non-hydrogen) atoms. The zero-order valence-corrected chi connectivity index (χ0v) is 9.22. The second-order valence-corrected chi connectivity index (χ2v) is 3.42. The van der Waals surface area contributed by atoms with Crippen LogP contribution in [0.2, 0.25) is 0 Å². The lowest BCUT2D eigenvalue weighted by molar-refractivity contribution is 0.481. The van der Waals surface area contributed by atoms with E-state index >= 15 is 0 Å². The molecule has 0 saturated heterocycles. The first-order valence-electron chi connectivity index (χ1n) is 5.25. The maximum absolute atomic E-state index is 5.48. The second kappa shape index (κ2) is 4.85. The minimum atomic E-state index is 0.391. The van der Waals surface area contributed by atoms with Crippen LogP contribution in [-0.4, -0.2) is 11.5 Å². The van der Waals surface area contributed by atoms with E-state index in [1.54, 1.807) is 12.5 Å². The van der Waals surface area contributed by atoms with E-state index in [1.165, 1.54) is 0 Å². The summed E-state index contributed by atoms with van der Waals surface area (Å²) in [6.07, 6.45) is 3.24. The van der Waals surface area contributed by atoms with Gasteiger partial charge in [-0.25, -0.2) is 0 Å². The lowest BCUT2D eigenvalue weighted by atomic mass is 10.4. The van der Waals surface area contributed by atoms with E-state index in [0.29, 0.717) is 19.1 Å². The Balaban J connectivity index is 2.10. The normalized spacial score (nSPS) is 10.6. The van der Waals surface area contributed by atoms with E-state index in [1.807, 2.05) is 24.0 Å². The Morgan fingerprint density at radius 1 is 1.44 bits per heavy atom. The van der Waals surface area contributed by atoms with Gasteiger partial charge in [0.2, 0.25) is 0 Å². The van der Waals surface area contributed by atoms with Crippen molar-refractivity contribution in [3.05, 3.63) is 36.1 Å². The summed E-state index contributed by atoms with van der Waals surface area (Å²) in [5, 5.41) is 0. The highest BCUT2D eigenvalue weighted by Crippen LogP contribution is 2.16. The van der Waals surface area contributed by atoms with Gasteiger partial charge >= 0.3 is 0 Å². The van der Waals surface area contributed by atoms with Gasteiger partial charge in [-0.2, -0.15) is 4.98 Å². The van der Waals surface area contributed by atoms with Gasteiger partial charge in [0.15, 0.2) is 0 Å². The fourth-order valence-electron chi connectivity index (χ4n) is 1.44.